The first-order valence-corrected chi connectivity index (χ1v) is 12.7. The molecule has 0 aliphatic carbocycles. The molecule has 0 radical (unpaired) electrons. The van der Waals surface area contributed by atoms with E-state index in [0.717, 1.165) is 5.56 Å². The highest BCUT2D eigenvalue weighted by Crippen LogP contribution is 2.21. The van der Waals surface area contributed by atoms with Crippen LogP contribution < -0.4 is 11.2 Å². The van der Waals surface area contributed by atoms with Crippen molar-refractivity contribution in [2.45, 2.75) is 26.4 Å². The molecule has 0 spiro atoms. The number of nitrogens with zero attached hydrogens (tertiary/aromatic N) is 4. The van der Waals surface area contributed by atoms with E-state index in [9.17, 15) is 9.59 Å². The van der Waals surface area contributed by atoms with Crippen molar-refractivity contribution in [3.63, 3.8) is 0 Å². The van der Waals surface area contributed by atoms with Crippen LogP contribution in [0.15, 0.2) is 33.9 Å². The second kappa shape index (κ2) is 8.86. The molecule has 0 N–H and O–H groups in total. The summed E-state index contributed by atoms with van der Waals surface area (Å²) in [7, 11) is 1.64. The summed E-state index contributed by atoms with van der Waals surface area (Å²) in [5, 5.41) is 0.657. The molecule has 0 aliphatic rings. The average molecular weight is 521 g/mol. The summed E-state index contributed by atoms with van der Waals surface area (Å²) in [6.45, 7) is 3.50. The number of benzene rings is 1. The molecule has 0 saturated carbocycles. The molecular weight excluding hydrogens is 502 g/mol. The Morgan fingerprint density at radius 3 is 2.59 bits per heavy atom. The van der Waals surface area contributed by atoms with Crippen LogP contribution in [0.2, 0.25) is 5.02 Å². The van der Waals surface area contributed by atoms with Gasteiger partial charge in [-0.3, -0.25) is 13.9 Å². The minimum atomic E-state index is -0.361. The zero-order valence-electron chi connectivity index (χ0n) is 14.9. The van der Waals surface area contributed by atoms with E-state index in [1.807, 2.05) is 35.8 Å². The Hall–Kier alpha value is -1.22. The van der Waals surface area contributed by atoms with E-state index in [1.54, 1.807) is 7.05 Å². The third kappa shape index (κ3) is 4.29. The molecule has 2 aromatic heterocycles. The molecule has 0 fully saturated rings. The number of fused-ring (bicyclic) bond motifs is 1. The van der Waals surface area contributed by atoms with E-state index in [4.69, 9.17) is 16.1 Å². The molecule has 1 unspecified atom stereocenters. The summed E-state index contributed by atoms with van der Waals surface area (Å²) in [6.07, 6.45) is 0.598. The van der Waals surface area contributed by atoms with Crippen molar-refractivity contribution in [2.75, 3.05) is 6.61 Å². The van der Waals surface area contributed by atoms with Gasteiger partial charge in [-0.1, -0.05) is 23.7 Å². The first-order chi connectivity index (χ1) is 12.9. The number of imidazole rings is 1. The van der Waals surface area contributed by atoms with Crippen molar-refractivity contribution in [1.29, 1.82) is 0 Å². The quantitative estimate of drug-likeness (QED) is 0.272. The highest BCUT2D eigenvalue weighted by Gasteiger charge is 2.18. The van der Waals surface area contributed by atoms with Crippen molar-refractivity contribution >= 4 is 51.3 Å². The van der Waals surface area contributed by atoms with Crippen LogP contribution in [0.3, 0.4) is 0 Å². The maximum Gasteiger partial charge on any atom is 0.332 e. The number of hydrogen-bond acceptors (Lipinski definition) is 4. The van der Waals surface area contributed by atoms with Crippen LogP contribution in [0.25, 0.3) is 11.2 Å². The summed E-state index contributed by atoms with van der Waals surface area (Å²) in [6, 6.07) is 7.45. The first-order valence-electron chi connectivity index (χ1n) is 8.32. The van der Waals surface area contributed by atoms with Crippen LogP contribution in [0.4, 0.5) is 0 Å². The summed E-state index contributed by atoms with van der Waals surface area (Å²) in [5.41, 5.74) is 1.15. The van der Waals surface area contributed by atoms with Gasteiger partial charge in [-0.2, -0.15) is 0 Å². The number of rotatable bonds is 7. The number of halogens is 2. The monoisotopic (exact) mass is 520 g/mol. The highest BCUT2D eigenvalue weighted by molar-refractivity contribution is 14.2. The van der Waals surface area contributed by atoms with Crippen LogP contribution in [-0.4, -0.2) is 25.3 Å². The van der Waals surface area contributed by atoms with Crippen molar-refractivity contribution in [2.24, 2.45) is 7.05 Å². The van der Waals surface area contributed by atoms with E-state index < -0.39 is 0 Å². The lowest BCUT2D eigenvalue weighted by atomic mass is 10.2. The molecule has 144 valence electrons. The molecule has 3 aromatic rings. The fourth-order valence-electron chi connectivity index (χ4n) is 2.98. The molecule has 1 aromatic carbocycles. The zero-order valence-corrected chi connectivity index (χ0v) is 18.8. The van der Waals surface area contributed by atoms with Gasteiger partial charge in [-0.05, 0) is 53.1 Å². The Morgan fingerprint density at radius 1 is 1.22 bits per heavy atom. The fourth-order valence-corrected chi connectivity index (χ4v) is 3.98. The molecule has 2 heterocycles. The minimum absolute atomic E-state index is 0.313. The van der Waals surface area contributed by atoms with Crippen LogP contribution in [0, 0.1) is 6.92 Å². The van der Waals surface area contributed by atoms with Gasteiger partial charge < -0.3 is 9.09 Å². The van der Waals surface area contributed by atoms with Crippen molar-refractivity contribution in [3.05, 3.63) is 61.5 Å². The fraction of sp³-hybridized carbons (Fsp3) is 0.353. The van der Waals surface area contributed by atoms with Crippen LogP contribution in [0.5, 0.6) is 0 Å². The Labute approximate surface area is 175 Å². The standard InChI is InChI=1S/C17H19ClIN4O3P/c1-11-20-15-14(23(11)10-12-4-6-13(18)7-5-12)16(24)22(17(25)21(15)2)8-3-9-26-27-19/h4-7,27H,3,8-10H2,1-2H3. The largest absolute Gasteiger partial charge is 0.352 e. The molecule has 10 heteroatoms. The molecular formula is C17H19ClIN4O3P. The molecule has 0 amide bonds. The lowest BCUT2D eigenvalue weighted by molar-refractivity contribution is 0.344. The number of aromatic nitrogens is 4. The van der Waals surface area contributed by atoms with Gasteiger partial charge in [0.25, 0.3) is 5.56 Å². The summed E-state index contributed by atoms with van der Waals surface area (Å²) in [5.74, 6) is 0.680. The Morgan fingerprint density at radius 2 is 1.93 bits per heavy atom. The van der Waals surface area contributed by atoms with Gasteiger partial charge >= 0.3 is 5.69 Å². The van der Waals surface area contributed by atoms with E-state index in [2.05, 4.69) is 27.0 Å². The molecule has 27 heavy (non-hydrogen) atoms. The van der Waals surface area contributed by atoms with Crippen molar-refractivity contribution in [3.8, 4) is 0 Å². The maximum absolute atomic E-state index is 13.1. The average Bonchev–Trinajstić information content (AvgIpc) is 2.98. The van der Waals surface area contributed by atoms with Crippen molar-refractivity contribution in [1.82, 2.24) is 18.7 Å². The predicted octanol–water partition coefficient (Wildman–Crippen LogP) is 3.26. The third-order valence-electron chi connectivity index (χ3n) is 4.36. The highest BCUT2D eigenvalue weighted by atomic mass is 127. The Kier molecular flexibility index (Phi) is 6.73. The number of hydrogen-bond donors (Lipinski definition) is 0. The van der Waals surface area contributed by atoms with Gasteiger partial charge in [0.15, 0.2) is 11.2 Å². The smallest absolute Gasteiger partial charge is 0.332 e. The zero-order chi connectivity index (χ0) is 19.6. The van der Waals surface area contributed by atoms with Gasteiger partial charge in [0.2, 0.25) is 0 Å². The lowest BCUT2D eigenvalue weighted by Gasteiger charge is -2.10. The third-order valence-corrected chi connectivity index (χ3v) is 5.86. The van der Waals surface area contributed by atoms with Crippen LogP contribution in [0.1, 0.15) is 17.8 Å². The van der Waals surface area contributed by atoms with Gasteiger partial charge in [0.1, 0.15) is 5.82 Å². The van der Waals surface area contributed by atoms with Gasteiger partial charge in [0.05, 0.1) is 13.1 Å². The minimum Gasteiger partial charge on any atom is -0.352 e. The normalized spacial score (nSPS) is 11.9. The molecule has 0 bridgehead atoms. The number of aryl methyl sites for hydroxylation is 2. The first kappa shape index (κ1) is 20.5. The topological polar surface area (TPSA) is 71.1 Å². The SMILES string of the molecule is Cc1nc2c(c(=O)n(CCCOPI)c(=O)n2C)n1Cc1ccc(Cl)cc1. The van der Waals surface area contributed by atoms with Gasteiger partial charge in [-0.15, -0.1) is 0 Å². The molecule has 7 nitrogen and oxygen atoms in total. The molecule has 0 saturated heterocycles. The van der Waals surface area contributed by atoms with Crippen LogP contribution in [-0.2, 0) is 24.7 Å². The summed E-state index contributed by atoms with van der Waals surface area (Å²) >= 11 is 8.10. The summed E-state index contributed by atoms with van der Waals surface area (Å²) in [4.78, 5) is 30.1. The lowest BCUT2D eigenvalue weighted by Crippen LogP contribution is -2.40. The molecule has 1 atom stereocenters. The van der Waals surface area contributed by atoms with Crippen molar-refractivity contribution < 1.29 is 4.52 Å². The van der Waals surface area contributed by atoms with Gasteiger partial charge in [0, 0.05) is 25.2 Å². The van der Waals surface area contributed by atoms with E-state index in [0.29, 0.717) is 54.6 Å². The van der Waals surface area contributed by atoms with E-state index >= 15 is 0 Å². The molecule has 3 rings (SSSR count). The Bertz CT molecular complexity index is 1070. The second-order valence-electron chi connectivity index (χ2n) is 6.12. The molecule has 0 aliphatic heterocycles. The maximum atomic E-state index is 13.1. The van der Waals surface area contributed by atoms with E-state index in [-0.39, 0.29) is 11.2 Å². The Balaban J connectivity index is 2.08. The second-order valence-corrected chi connectivity index (χ2v) is 8.32. The van der Waals surface area contributed by atoms with Crippen LogP contribution >= 0.6 is 40.1 Å². The summed E-state index contributed by atoms with van der Waals surface area (Å²) < 4.78 is 9.88. The predicted molar refractivity (Wildman–Crippen MR) is 117 cm³/mol. The van der Waals surface area contributed by atoms with Gasteiger partial charge in [-0.25, -0.2) is 9.78 Å². The van der Waals surface area contributed by atoms with E-state index in [1.165, 1.54) is 9.13 Å².